The minimum Gasteiger partial charge on any atom is -0.497 e. The number of methoxy groups -OCH3 is 1. The molecule has 1 heterocycles. The highest BCUT2D eigenvalue weighted by Gasteiger charge is 2.41. The Morgan fingerprint density at radius 2 is 1.61 bits per heavy atom. The van der Waals surface area contributed by atoms with Gasteiger partial charge in [0.2, 0.25) is 11.8 Å². The number of rotatable bonds is 6. The number of carbonyl (C=O) groups excluding carboxylic acids is 2. The van der Waals surface area contributed by atoms with Gasteiger partial charge in [0.15, 0.2) is 0 Å². The van der Waals surface area contributed by atoms with Crippen molar-refractivity contribution < 1.29 is 14.3 Å². The van der Waals surface area contributed by atoms with Gasteiger partial charge in [-0.25, -0.2) is 0 Å². The van der Waals surface area contributed by atoms with Gasteiger partial charge in [-0.1, -0.05) is 60.7 Å². The fourth-order valence-electron chi connectivity index (χ4n) is 4.16. The number of anilines is 1. The Balaban J connectivity index is 1.65. The summed E-state index contributed by atoms with van der Waals surface area (Å²) in [6, 6.07) is 26.7. The van der Waals surface area contributed by atoms with Crippen molar-refractivity contribution >= 4 is 17.5 Å². The quantitative estimate of drug-likeness (QED) is 0.646. The van der Waals surface area contributed by atoms with Crippen LogP contribution in [0.3, 0.4) is 0 Å². The van der Waals surface area contributed by atoms with Gasteiger partial charge in [0.25, 0.3) is 0 Å². The highest BCUT2D eigenvalue weighted by molar-refractivity contribution is 5.97. The molecule has 0 aliphatic carbocycles. The highest BCUT2D eigenvalue weighted by Crippen LogP contribution is 2.40. The van der Waals surface area contributed by atoms with Crippen molar-refractivity contribution in [2.24, 2.45) is 5.92 Å². The second kappa shape index (κ2) is 9.47. The van der Waals surface area contributed by atoms with E-state index >= 15 is 0 Å². The lowest BCUT2D eigenvalue weighted by atomic mass is 9.83. The van der Waals surface area contributed by atoms with Crippen LogP contribution in [0.15, 0.2) is 84.9 Å². The van der Waals surface area contributed by atoms with Crippen molar-refractivity contribution in [1.82, 2.24) is 5.32 Å². The van der Waals surface area contributed by atoms with Gasteiger partial charge in [-0.3, -0.25) is 9.59 Å². The van der Waals surface area contributed by atoms with Crippen molar-refractivity contribution in [3.8, 4) is 5.75 Å². The van der Waals surface area contributed by atoms with Crippen LogP contribution < -0.4 is 15.0 Å². The molecule has 0 saturated carbocycles. The lowest BCUT2D eigenvalue weighted by molar-refractivity contribution is -0.129. The number of nitrogens with one attached hydrogen (secondary N) is 1. The summed E-state index contributed by atoms with van der Waals surface area (Å²) in [7, 11) is 1.61. The highest BCUT2D eigenvalue weighted by atomic mass is 16.5. The van der Waals surface area contributed by atoms with E-state index in [2.05, 4.69) is 5.32 Å². The first-order chi connectivity index (χ1) is 15.2. The molecule has 0 bridgehead atoms. The Bertz CT molecular complexity index is 1020. The number of hydrogen-bond donors (Lipinski definition) is 1. The molecule has 3 aromatic carbocycles. The first-order valence-corrected chi connectivity index (χ1v) is 10.5. The van der Waals surface area contributed by atoms with E-state index in [1.165, 1.54) is 0 Å². The maximum absolute atomic E-state index is 13.3. The van der Waals surface area contributed by atoms with Crippen LogP contribution in [-0.4, -0.2) is 18.9 Å². The van der Waals surface area contributed by atoms with Crippen LogP contribution in [0.1, 0.15) is 30.0 Å². The maximum Gasteiger partial charge on any atom is 0.227 e. The third kappa shape index (κ3) is 4.61. The van der Waals surface area contributed by atoms with Gasteiger partial charge in [-0.05, 0) is 41.8 Å². The van der Waals surface area contributed by atoms with Crippen molar-refractivity contribution in [1.29, 1.82) is 0 Å². The van der Waals surface area contributed by atoms with E-state index < -0.39 is 0 Å². The molecule has 1 aliphatic rings. The average Bonchev–Trinajstić information content (AvgIpc) is 2.83. The number of hydrogen-bond acceptors (Lipinski definition) is 3. The molecule has 31 heavy (non-hydrogen) atoms. The lowest BCUT2D eigenvalue weighted by Crippen LogP contribution is -2.48. The second-order valence-electron chi connectivity index (χ2n) is 7.67. The molecule has 158 valence electrons. The zero-order valence-electron chi connectivity index (χ0n) is 17.5. The molecule has 0 aromatic heterocycles. The third-order valence-corrected chi connectivity index (χ3v) is 5.74. The standard InChI is InChI=1S/C26H26N2O3/c1-31-22-14-12-21(13-15-22)28-24(29)17-16-23(25(28)20-10-6-3-7-11-20)26(30)27-18-19-8-4-2-5-9-19/h2-15,23,25H,16-18H2,1H3,(H,27,30)/t23-,25+/m1/s1. The van der Waals surface area contributed by atoms with Crippen LogP contribution in [0.5, 0.6) is 5.75 Å². The molecular formula is C26H26N2O3. The largest absolute Gasteiger partial charge is 0.497 e. The Hall–Kier alpha value is -3.60. The van der Waals surface area contributed by atoms with Crippen molar-refractivity contribution in [3.63, 3.8) is 0 Å². The van der Waals surface area contributed by atoms with E-state index in [1.807, 2.05) is 84.9 Å². The summed E-state index contributed by atoms with van der Waals surface area (Å²) >= 11 is 0. The molecule has 2 amide bonds. The van der Waals surface area contributed by atoms with E-state index in [0.29, 0.717) is 19.4 Å². The van der Waals surface area contributed by atoms with E-state index in [-0.39, 0.29) is 23.8 Å². The Morgan fingerprint density at radius 1 is 0.968 bits per heavy atom. The van der Waals surface area contributed by atoms with Crippen molar-refractivity contribution in [2.75, 3.05) is 12.0 Å². The van der Waals surface area contributed by atoms with Crippen molar-refractivity contribution in [2.45, 2.75) is 25.4 Å². The fourth-order valence-corrected chi connectivity index (χ4v) is 4.16. The van der Waals surface area contributed by atoms with Gasteiger partial charge >= 0.3 is 0 Å². The molecule has 3 aromatic rings. The second-order valence-corrected chi connectivity index (χ2v) is 7.67. The van der Waals surface area contributed by atoms with Crippen LogP contribution in [0.2, 0.25) is 0 Å². The Labute approximate surface area is 182 Å². The van der Waals surface area contributed by atoms with Gasteiger partial charge in [0.1, 0.15) is 5.75 Å². The summed E-state index contributed by atoms with van der Waals surface area (Å²) in [6.45, 7) is 0.466. The van der Waals surface area contributed by atoms with Crippen LogP contribution in [0, 0.1) is 5.92 Å². The molecule has 1 saturated heterocycles. The van der Waals surface area contributed by atoms with E-state index in [0.717, 1.165) is 22.6 Å². The van der Waals surface area contributed by atoms with Crippen LogP contribution in [0.25, 0.3) is 0 Å². The van der Waals surface area contributed by atoms with Crippen LogP contribution >= 0.6 is 0 Å². The number of ether oxygens (including phenoxy) is 1. The number of benzene rings is 3. The lowest BCUT2D eigenvalue weighted by Gasteiger charge is -2.41. The first kappa shape index (κ1) is 20.7. The minimum atomic E-state index is -0.369. The number of piperidine rings is 1. The Kier molecular flexibility index (Phi) is 6.32. The van der Waals surface area contributed by atoms with Gasteiger partial charge in [0.05, 0.1) is 19.1 Å². The molecule has 2 atom stereocenters. The zero-order valence-corrected chi connectivity index (χ0v) is 17.5. The normalized spacial score (nSPS) is 18.5. The number of nitrogens with zero attached hydrogens (tertiary/aromatic N) is 1. The fraction of sp³-hybridized carbons (Fsp3) is 0.231. The molecule has 1 aliphatic heterocycles. The van der Waals surface area contributed by atoms with E-state index in [1.54, 1.807) is 12.0 Å². The summed E-state index contributed by atoms with van der Waals surface area (Å²) in [5, 5.41) is 3.08. The minimum absolute atomic E-state index is 0.0196. The average molecular weight is 415 g/mol. The third-order valence-electron chi connectivity index (χ3n) is 5.74. The molecule has 0 radical (unpaired) electrons. The Morgan fingerprint density at radius 3 is 2.26 bits per heavy atom. The molecule has 4 rings (SSSR count). The molecular weight excluding hydrogens is 388 g/mol. The van der Waals surface area contributed by atoms with E-state index in [4.69, 9.17) is 4.74 Å². The van der Waals surface area contributed by atoms with Gasteiger partial charge in [0, 0.05) is 18.7 Å². The molecule has 1 N–H and O–H groups in total. The zero-order chi connectivity index (χ0) is 21.6. The SMILES string of the molecule is COc1ccc(N2C(=O)CC[C@@H](C(=O)NCc3ccccc3)[C@@H]2c2ccccc2)cc1. The summed E-state index contributed by atoms with van der Waals surface area (Å²) in [5.74, 6) is 0.363. The van der Waals surface area contributed by atoms with Gasteiger partial charge in [-0.15, -0.1) is 0 Å². The molecule has 1 fully saturated rings. The van der Waals surface area contributed by atoms with Gasteiger partial charge < -0.3 is 15.0 Å². The number of amides is 2. The van der Waals surface area contributed by atoms with Gasteiger partial charge in [-0.2, -0.15) is 0 Å². The predicted octanol–water partition coefficient (Wildman–Crippen LogP) is 4.50. The topological polar surface area (TPSA) is 58.6 Å². The summed E-state index contributed by atoms with van der Waals surface area (Å²) < 4.78 is 5.26. The summed E-state index contributed by atoms with van der Waals surface area (Å²) in [5.41, 5.74) is 2.76. The van der Waals surface area contributed by atoms with Crippen LogP contribution in [-0.2, 0) is 16.1 Å². The van der Waals surface area contributed by atoms with Crippen LogP contribution in [0.4, 0.5) is 5.69 Å². The molecule has 5 nitrogen and oxygen atoms in total. The summed E-state index contributed by atoms with van der Waals surface area (Å²) in [6.07, 6.45) is 0.852. The molecule has 0 spiro atoms. The maximum atomic E-state index is 13.3. The number of carbonyl (C=O) groups is 2. The smallest absolute Gasteiger partial charge is 0.227 e. The molecule has 0 unspecified atom stereocenters. The summed E-state index contributed by atoms with van der Waals surface area (Å²) in [4.78, 5) is 28.1. The first-order valence-electron chi connectivity index (χ1n) is 10.5. The van der Waals surface area contributed by atoms with Crippen molar-refractivity contribution in [3.05, 3.63) is 96.1 Å². The predicted molar refractivity (Wildman–Crippen MR) is 121 cm³/mol. The monoisotopic (exact) mass is 414 g/mol. The van der Waals surface area contributed by atoms with E-state index in [9.17, 15) is 9.59 Å². The molecule has 5 heteroatoms.